The van der Waals surface area contributed by atoms with Crippen LogP contribution in [0.15, 0.2) is 18.5 Å². The van der Waals surface area contributed by atoms with Gasteiger partial charge in [0.2, 0.25) is 0 Å². The van der Waals surface area contributed by atoms with Crippen LogP contribution in [-0.2, 0) is 9.53 Å². The summed E-state index contributed by atoms with van der Waals surface area (Å²) in [6.07, 6.45) is 5.70. The Bertz CT molecular complexity index is 711. The van der Waals surface area contributed by atoms with Crippen molar-refractivity contribution in [3.05, 3.63) is 22.2 Å². The number of ether oxygens (including phenoxy) is 1. The fourth-order valence-electron chi connectivity index (χ4n) is 2.31. The predicted octanol–water partition coefficient (Wildman–Crippen LogP) is 1.45. The zero-order chi connectivity index (χ0) is 14.3. The maximum Gasteiger partial charge on any atom is 0.303 e. The lowest BCUT2D eigenvalue weighted by Crippen LogP contribution is -2.15. The van der Waals surface area contributed by atoms with Gasteiger partial charge in [-0.1, -0.05) is 6.08 Å². The number of nitrogens with zero attached hydrogens (tertiary/aromatic N) is 4. The number of nitrogens with two attached hydrogens (primary N) is 1. The first-order chi connectivity index (χ1) is 9.56. The Morgan fingerprint density at radius 1 is 1.50 bits per heavy atom. The smallest absolute Gasteiger partial charge is 0.303 e. The van der Waals surface area contributed by atoms with Crippen LogP contribution in [0.1, 0.15) is 19.4 Å². The summed E-state index contributed by atoms with van der Waals surface area (Å²) in [7, 11) is 0. The minimum atomic E-state index is -0.285. The number of halogens is 1. The van der Waals surface area contributed by atoms with Crippen LogP contribution < -0.4 is 5.73 Å². The van der Waals surface area contributed by atoms with E-state index in [0.717, 1.165) is 9.09 Å². The molecule has 2 atom stereocenters. The molecule has 3 rings (SSSR count). The molecular weight excluding hydrogens is 373 g/mol. The number of fused-ring (bicyclic) bond motifs is 1. The molecule has 0 bridgehead atoms. The molecule has 2 aromatic rings. The molecular formula is C12H12IN5O2. The standard InChI is InChI=1S/C12H12IN5O2/c1-6(19)20-8-3-2-7(4-8)18-12-9(10(13)17-18)11(14)15-5-16-12/h2-3,5,7-8H,4H2,1H3,(H2,14,15,16)/t7-,8+/m0/s1. The van der Waals surface area contributed by atoms with Gasteiger partial charge in [0.15, 0.2) is 5.65 Å². The second kappa shape index (κ2) is 5.00. The van der Waals surface area contributed by atoms with Crippen molar-refractivity contribution in [1.29, 1.82) is 0 Å². The number of carbonyl (C=O) groups is 1. The number of nitrogen functional groups attached to an aromatic ring is 1. The fourth-order valence-corrected chi connectivity index (χ4v) is 3.06. The lowest BCUT2D eigenvalue weighted by Gasteiger charge is -2.13. The Morgan fingerprint density at radius 2 is 2.30 bits per heavy atom. The average Bonchev–Trinajstić information content (AvgIpc) is 2.94. The van der Waals surface area contributed by atoms with E-state index >= 15 is 0 Å². The summed E-state index contributed by atoms with van der Waals surface area (Å²) in [5.41, 5.74) is 6.56. The minimum absolute atomic E-state index is 0.000309. The molecule has 1 aliphatic rings. The number of rotatable bonds is 2. The molecule has 0 spiro atoms. The van der Waals surface area contributed by atoms with Gasteiger partial charge in [0, 0.05) is 13.3 Å². The molecule has 0 fully saturated rings. The Morgan fingerprint density at radius 3 is 3.05 bits per heavy atom. The van der Waals surface area contributed by atoms with Crippen LogP contribution in [0.25, 0.3) is 11.0 Å². The van der Waals surface area contributed by atoms with E-state index in [1.165, 1.54) is 13.3 Å². The summed E-state index contributed by atoms with van der Waals surface area (Å²) in [6, 6.07) is -0.000309. The molecule has 0 unspecified atom stereocenters. The van der Waals surface area contributed by atoms with Gasteiger partial charge in [0.05, 0.1) is 11.4 Å². The molecule has 1 aliphatic carbocycles. The van der Waals surface area contributed by atoms with Gasteiger partial charge in [-0.25, -0.2) is 14.6 Å². The third-order valence-electron chi connectivity index (χ3n) is 3.13. The van der Waals surface area contributed by atoms with Gasteiger partial charge in [0.1, 0.15) is 21.9 Å². The van der Waals surface area contributed by atoms with Crippen LogP contribution in [0.5, 0.6) is 0 Å². The minimum Gasteiger partial charge on any atom is -0.458 e. The number of carbonyl (C=O) groups excluding carboxylic acids is 1. The lowest BCUT2D eigenvalue weighted by atomic mass is 10.2. The first-order valence-electron chi connectivity index (χ1n) is 6.06. The fraction of sp³-hybridized carbons (Fsp3) is 0.333. The Kier molecular flexibility index (Phi) is 3.32. The van der Waals surface area contributed by atoms with E-state index in [1.807, 2.05) is 12.2 Å². The van der Waals surface area contributed by atoms with Crippen molar-refractivity contribution in [2.45, 2.75) is 25.5 Å². The zero-order valence-electron chi connectivity index (χ0n) is 10.7. The number of anilines is 1. The van der Waals surface area contributed by atoms with Crippen molar-refractivity contribution < 1.29 is 9.53 Å². The normalized spacial score (nSPS) is 21.5. The van der Waals surface area contributed by atoms with Crippen molar-refractivity contribution in [2.75, 3.05) is 5.73 Å². The molecule has 0 radical (unpaired) electrons. The molecule has 20 heavy (non-hydrogen) atoms. The van der Waals surface area contributed by atoms with Crippen LogP contribution in [0, 0.1) is 3.70 Å². The lowest BCUT2D eigenvalue weighted by molar-refractivity contribution is -0.144. The first kappa shape index (κ1) is 13.3. The Hall–Kier alpha value is -1.71. The molecule has 7 nitrogen and oxygen atoms in total. The summed E-state index contributed by atoms with van der Waals surface area (Å²) in [5, 5.41) is 5.24. The third-order valence-corrected chi connectivity index (χ3v) is 3.88. The molecule has 0 saturated carbocycles. The molecule has 0 saturated heterocycles. The van der Waals surface area contributed by atoms with E-state index in [9.17, 15) is 4.79 Å². The van der Waals surface area contributed by atoms with E-state index in [4.69, 9.17) is 10.5 Å². The summed E-state index contributed by atoms with van der Waals surface area (Å²) < 4.78 is 7.74. The molecule has 2 heterocycles. The second-order valence-electron chi connectivity index (χ2n) is 4.53. The highest BCUT2D eigenvalue weighted by Crippen LogP contribution is 2.30. The van der Waals surface area contributed by atoms with Crippen molar-refractivity contribution >= 4 is 45.4 Å². The van der Waals surface area contributed by atoms with E-state index < -0.39 is 0 Å². The summed E-state index contributed by atoms with van der Waals surface area (Å²) in [5.74, 6) is 0.135. The average molecular weight is 385 g/mol. The SMILES string of the molecule is CC(=O)O[C@@H]1C=C[C@H](n2nc(I)c3c(N)ncnc32)C1. The van der Waals surface area contributed by atoms with Gasteiger partial charge in [0.25, 0.3) is 0 Å². The molecule has 2 N–H and O–H groups in total. The molecule has 8 heteroatoms. The van der Waals surface area contributed by atoms with E-state index in [0.29, 0.717) is 17.9 Å². The van der Waals surface area contributed by atoms with Gasteiger partial charge in [-0.3, -0.25) is 4.79 Å². The van der Waals surface area contributed by atoms with E-state index in [-0.39, 0.29) is 18.1 Å². The first-order valence-corrected chi connectivity index (χ1v) is 7.14. The van der Waals surface area contributed by atoms with Gasteiger partial charge in [-0.15, -0.1) is 0 Å². The van der Waals surface area contributed by atoms with Gasteiger partial charge >= 0.3 is 5.97 Å². The number of hydrogen-bond acceptors (Lipinski definition) is 6. The van der Waals surface area contributed by atoms with Crippen molar-refractivity contribution in [3.63, 3.8) is 0 Å². The van der Waals surface area contributed by atoms with Gasteiger partial charge in [-0.2, -0.15) is 5.10 Å². The largest absolute Gasteiger partial charge is 0.458 e. The number of esters is 1. The quantitative estimate of drug-likeness (QED) is 0.478. The third kappa shape index (κ3) is 2.23. The molecule has 104 valence electrons. The van der Waals surface area contributed by atoms with Crippen LogP contribution in [0.3, 0.4) is 0 Å². The van der Waals surface area contributed by atoms with Crippen molar-refractivity contribution in [3.8, 4) is 0 Å². The molecule has 0 amide bonds. The number of hydrogen-bond donors (Lipinski definition) is 1. The topological polar surface area (TPSA) is 95.9 Å². The highest BCUT2D eigenvalue weighted by Gasteiger charge is 2.26. The van der Waals surface area contributed by atoms with E-state index in [2.05, 4.69) is 37.7 Å². The maximum atomic E-state index is 11.0. The van der Waals surface area contributed by atoms with Gasteiger partial charge in [-0.05, 0) is 28.7 Å². The molecule has 0 aliphatic heterocycles. The monoisotopic (exact) mass is 385 g/mol. The van der Waals surface area contributed by atoms with Crippen LogP contribution in [-0.4, -0.2) is 31.8 Å². The summed E-state index contributed by atoms with van der Waals surface area (Å²) in [4.78, 5) is 19.2. The highest BCUT2D eigenvalue weighted by atomic mass is 127. The van der Waals surface area contributed by atoms with Crippen LogP contribution in [0.2, 0.25) is 0 Å². The van der Waals surface area contributed by atoms with Crippen LogP contribution >= 0.6 is 22.6 Å². The predicted molar refractivity (Wildman–Crippen MR) is 80.8 cm³/mol. The number of aromatic nitrogens is 4. The van der Waals surface area contributed by atoms with Crippen molar-refractivity contribution in [1.82, 2.24) is 19.7 Å². The highest BCUT2D eigenvalue weighted by molar-refractivity contribution is 14.1. The molecule has 2 aromatic heterocycles. The van der Waals surface area contributed by atoms with Gasteiger partial charge < -0.3 is 10.5 Å². The summed E-state index contributed by atoms with van der Waals surface area (Å²) >= 11 is 2.11. The summed E-state index contributed by atoms with van der Waals surface area (Å²) in [6.45, 7) is 1.40. The van der Waals surface area contributed by atoms with Crippen LogP contribution in [0.4, 0.5) is 5.82 Å². The Labute approximate surface area is 128 Å². The Balaban J connectivity index is 1.95. The number of allylic oxidation sites excluding steroid dienone is 1. The molecule has 0 aromatic carbocycles. The second-order valence-corrected chi connectivity index (χ2v) is 5.55. The van der Waals surface area contributed by atoms with Crippen molar-refractivity contribution in [2.24, 2.45) is 0 Å². The maximum absolute atomic E-state index is 11.0. The zero-order valence-corrected chi connectivity index (χ0v) is 12.8. The van der Waals surface area contributed by atoms with E-state index in [1.54, 1.807) is 4.68 Å².